The molecular formula is C31H42N2O6S. The van der Waals surface area contributed by atoms with E-state index in [2.05, 4.69) is 43.0 Å². The summed E-state index contributed by atoms with van der Waals surface area (Å²) >= 11 is 0. The molecule has 0 aromatic heterocycles. The lowest BCUT2D eigenvalue weighted by molar-refractivity contribution is -0.385. The van der Waals surface area contributed by atoms with Crippen LogP contribution >= 0.6 is 0 Å². The van der Waals surface area contributed by atoms with Crippen molar-refractivity contribution in [2.45, 2.75) is 70.2 Å². The fourth-order valence-corrected chi connectivity index (χ4v) is 4.71. The molecule has 3 aromatic carbocycles. The average molecular weight is 571 g/mol. The Morgan fingerprint density at radius 1 is 0.825 bits per heavy atom. The minimum Gasteiger partial charge on any atom is -0.493 e. The normalized spacial score (nSPS) is 11.1. The molecule has 0 atom stereocenters. The van der Waals surface area contributed by atoms with Crippen LogP contribution in [-0.2, 0) is 23.1 Å². The Bertz CT molecular complexity index is 1240. The van der Waals surface area contributed by atoms with E-state index in [4.69, 9.17) is 9.29 Å². The first-order valence-electron chi connectivity index (χ1n) is 13.9. The topological polar surface area (TPSA) is 110 Å². The van der Waals surface area contributed by atoms with Crippen molar-refractivity contribution in [2.24, 2.45) is 0 Å². The van der Waals surface area contributed by atoms with Gasteiger partial charge in [0.2, 0.25) is 0 Å². The van der Waals surface area contributed by atoms with E-state index < -0.39 is 19.9 Å². The van der Waals surface area contributed by atoms with Gasteiger partial charge in [0, 0.05) is 25.1 Å². The van der Waals surface area contributed by atoms with Crippen LogP contribution in [0.2, 0.25) is 0 Å². The van der Waals surface area contributed by atoms with E-state index in [0.29, 0.717) is 0 Å². The Labute approximate surface area is 238 Å². The Hall–Kier alpha value is -3.27. The van der Waals surface area contributed by atoms with Crippen LogP contribution in [0.3, 0.4) is 0 Å². The van der Waals surface area contributed by atoms with Crippen LogP contribution in [-0.4, -0.2) is 42.5 Å². The van der Waals surface area contributed by atoms with Crippen LogP contribution in [0, 0.1) is 10.1 Å². The van der Waals surface area contributed by atoms with Crippen molar-refractivity contribution in [3.8, 4) is 5.75 Å². The maximum atomic E-state index is 10.5. The van der Waals surface area contributed by atoms with E-state index in [1.165, 1.54) is 68.8 Å². The van der Waals surface area contributed by atoms with Crippen LogP contribution in [0.25, 0.3) is 0 Å². The molecule has 0 saturated carbocycles. The molecule has 40 heavy (non-hydrogen) atoms. The maximum absolute atomic E-state index is 10.5. The first-order chi connectivity index (χ1) is 19.2. The monoisotopic (exact) mass is 570 g/mol. The molecule has 0 heterocycles. The predicted octanol–water partition coefficient (Wildman–Crippen LogP) is 7.33. The highest BCUT2D eigenvalue weighted by Crippen LogP contribution is 2.17. The summed E-state index contributed by atoms with van der Waals surface area (Å²) in [6.07, 6.45) is 8.81. The van der Waals surface area contributed by atoms with E-state index in [9.17, 15) is 18.5 Å². The predicted molar refractivity (Wildman–Crippen MR) is 159 cm³/mol. The Morgan fingerprint density at radius 3 is 2.00 bits per heavy atom. The molecule has 0 fully saturated rings. The number of benzene rings is 3. The van der Waals surface area contributed by atoms with Gasteiger partial charge in [0.1, 0.15) is 10.6 Å². The van der Waals surface area contributed by atoms with Gasteiger partial charge in [0.15, 0.2) is 0 Å². The van der Waals surface area contributed by atoms with Crippen LogP contribution in [0.5, 0.6) is 5.75 Å². The van der Waals surface area contributed by atoms with E-state index in [0.717, 1.165) is 43.5 Å². The lowest BCUT2D eigenvalue weighted by Gasteiger charge is -2.24. The number of hydrogen-bond acceptors (Lipinski definition) is 6. The number of rotatable bonds is 16. The number of non-ortho nitro benzene ring substituents is 1. The highest BCUT2D eigenvalue weighted by Gasteiger charge is 2.14. The summed E-state index contributed by atoms with van der Waals surface area (Å²) < 4.78 is 35.5. The number of nitrogens with zero attached hydrogens (tertiary/aromatic N) is 2. The fourth-order valence-electron chi connectivity index (χ4n) is 4.19. The van der Waals surface area contributed by atoms with Gasteiger partial charge in [-0.25, -0.2) is 0 Å². The Morgan fingerprint density at radius 2 is 1.43 bits per heavy atom. The highest BCUT2D eigenvalue weighted by atomic mass is 32.2. The molecule has 0 bridgehead atoms. The largest absolute Gasteiger partial charge is 0.493 e. The van der Waals surface area contributed by atoms with Gasteiger partial charge in [-0.3, -0.25) is 19.6 Å². The molecule has 0 aliphatic rings. The first kappa shape index (κ1) is 32.9. The lowest BCUT2D eigenvalue weighted by Crippen LogP contribution is -2.26. The first-order valence-corrected chi connectivity index (χ1v) is 15.4. The van der Waals surface area contributed by atoms with E-state index in [-0.39, 0.29) is 5.69 Å². The zero-order chi connectivity index (χ0) is 29.2. The molecule has 3 rings (SSSR count). The number of hydrogen-bond donors (Lipinski definition) is 1. The van der Waals surface area contributed by atoms with Crippen molar-refractivity contribution < 1.29 is 22.6 Å². The number of nitro benzene ring substituents is 1. The van der Waals surface area contributed by atoms with Crippen LogP contribution in [0.4, 0.5) is 5.69 Å². The minimum atomic E-state index is -4.36. The standard InChI is InChI=1S/C25H37NO.C6H5NO5S/c1-3-5-12-19-26(20-13-6-4-2)22-24-15-11-10-14-23(24)18-21-27-25-16-8-7-9-17-25;8-7(9)5-2-1-3-6(4-5)13(10,11)12/h7-11,14-17H,3-6,12-13,18-22H2,1-2H3;1-4H,(H,10,11,12). The smallest absolute Gasteiger partial charge is 0.294 e. The van der Waals surface area contributed by atoms with Crippen LogP contribution in [0.15, 0.2) is 83.8 Å². The van der Waals surface area contributed by atoms with Gasteiger partial charge in [-0.2, -0.15) is 8.42 Å². The highest BCUT2D eigenvalue weighted by molar-refractivity contribution is 7.85. The average Bonchev–Trinajstić information content (AvgIpc) is 2.94. The summed E-state index contributed by atoms with van der Waals surface area (Å²) in [7, 11) is -4.36. The molecule has 8 nitrogen and oxygen atoms in total. The van der Waals surface area contributed by atoms with Crippen LogP contribution < -0.4 is 4.74 Å². The molecule has 0 unspecified atom stereocenters. The number of ether oxygens (including phenoxy) is 1. The van der Waals surface area contributed by atoms with E-state index >= 15 is 0 Å². The molecule has 9 heteroatoms. The molecule has 218 valence electrons. The molecule has 0 radical (unpaired) electrons. The van der Waals surface area contributed by atoms with Gasteiger partial charge < -0.3 is 4.74 Å². The molecule has 0 amide bonds. The fraction of sp³-hybridized carbons (Fsp3) is 0.419. The molecule has 0 saturated heterocycles. The Kier molecular flexibility index (Phi) is 14.9. The summed E-state index contributed by atoms with van der Waals surface area (Å²) in [5.41, 5.74) is 2.50. The van der Waals surface area contributed by atoms with Crippen molar-refractivity contribution in [3.63, 3.8) is 0 Å². The zero-order valence-electron chi connectivity index (χ0n) is 23.6. The molecule has 3 aromatic rings. The zero-order valence-corrected chi connectivity index (χ0v) is 24.4. The third-order valence-electron chi connectivity index (χ3n) is 6.38. The van der Waals surface area contributed by atoms with Gasteiger partial charge >= 0.3 is 0 Å². The summed E-state index contributed by atoms with van der Waals surface area (Å²) in [5, 5.41) is 10.2. The summed E-state index contributed by atoms with van der Waals surface area (Å²) in [6.45, 7) is 8.79. The summed E-state index contributed by atoms with van der Waals surface area (Å²) in [4.78, 5) is 11.6. The SMILES string of the molecule is CCCCCN(CCCCC)Cc1ccccc1CCOc1ccccc1.O=[N+]([O-])c1cccc(S(=O)(=O)O)c1. The number of unbranched alkanes of at least 4 members (excludes halogenated alkanes) is 4. The second-order valence-electron chi connectivity index (χ2n) is 9.60. The van der Waals surface area contributed by atoms with Crippen molar-refractivity contribution >= 4 is 15.8 Å². The number of para-hydroxylation sites is 1. The third kappa shape index (κ3) is 12.7. The van der Waals surface area contributed by atoms with Gasteiger partial charge in [-0.15, -0.1) is 0 Å². The molecule has 0 aliphatic carbocycles. The van der Waals surface area contributed by atoms with Crippen molar-refractivity contribution in [1.82, 2.24) is 4.90 Å². The minimum absolute atomic E-state index is 0.380. The van der Waals surface area contributed by atoms with Gasteiger partial charge in [0.25, 0.3) is 15.8 Å². The van der Waals surface area contributed by atoms with Crippen LogP contribution in [0.1, 0.15) is 63.5 Å². The van der Waals surface area contributed by atoms with Crippen molar-refractivity contribution in [2.75, 3.05) is 19.7 Å². The van der Waals surface area contributed by atoms with Gasteiger partial charge in [-0.05, 0) is 55.3 Å². The van der Waals surface area contributed by atoms with E-state index in [1.807, 2.05) is 30.3 Å². The lowest BCUT2D eigenvalue weighted by atomic mass is 10.0. The summed E-state index contributed by atoms with van der Waals surface area (Å²) in [6, 6.07) is 23.2. The summed E-state index contributed by atoms with van der Waals surface area (Å²) in [5.74, 6) is 0.954. The molecular weight excluding hydrogens is 528 g/mol. The molecule has 0 aliphatic heterocycles. The number of nitro groups is 1. The van der Waals surface area contributed by atoms with E-state index in [1.54, 1.807) is 0 Å². The maximum Gasteiger partial charge on any atom is 0.294 e. The second-order valence-corrected chi connectivity index (χ2v) is 11.0. The van der Waals surface area contributed by atoms with Gasteiger partial charge in [-0.1, -0.05) is 88.1 Å². The third-order valence-corrected chi connectivity index (χ3v) is 7.23. The Balaban J connectivity index is 0.000000360. The van der Waals surface area contributed by atoms with Crippen molar-refractivity contribution in [1.29, 1.82) is 0 Å². The molecule has 0 spiro atoms. The van der Waals surface area contributed by atoms with Crippen molar-refractivity contribution in [3.05, 3.63) is 100 Å². The quantitative estimate of drug-likeness (QED) is 0.0831. The molecule has 1 N–H and O–H groups in total. The van der Waals surface area contributed by atoms with Gasteiger partial charge in [0.05, 0.1) is 11.5 Å². The second kappa shape index (κ2) is 18.1.